The quantitative estimate of drug-likeness (QED) is 0.735. The van der Waals surface area contributed by atoms with E-state index in [-0.39, 0.29) is 6.04 Å². The van der Waals surface area contributed by atoms with Crippen LogP contribution in [0.1, 0.15) is 17.2 Å². The highest BCUT2D eigenvalue weighted by molar-refractivity contribution is 5.98. The Balaban J connectivity index is 1.57. The summed E-state index contributed by atoms with van der Waals surface area (Å²) in [5.41, 5.74) is 3.54. The number of guanidine groups is 1. The molecule has 4 rings (SSSR count). The lowest BCUT2D eigenvalue weighted by Gasteiger charge is -2.22. The molecule has 27 heavy (non-hydrogen) atoms. The second-order valence-corrected chi connectivity index (χ2v) is 6.53. The highest BCUT2D eigenvalue weighted by Gasteiger charge is 2.27. The van der Waals surface area contributed by atoms with Crippen molar-refractivity contribution in [1.82, 2.24) is 5.32 Å². The summed E-state index contributed by atoms with van der Waals surface area (Å²) in [6, 6.07) is 29.1. The lowest BCUT2D eigenvalue weighted by molar-refractivity contribution is 0.414. The fraction of sp³-hybridized carbons (Fsp3) is 0.174. The SMILES string of the molecule is COc1cccc(CNC2=N[C@@H](c3ccccc3)CN2c2ccccc2)c1. The number of nitrogens with one attached hydrogen (secondary N) is 1. The van der Waals surface area contributed by atoms with E-state index < -0.39 is 0 Å². The van der Waals surface area contributed by atoms with E-state index in [1.807, 2.05) is 30.3 Å². The normalized spacial score (nSPS) is 16.1. The largest absolute Gasteiger partial charge is 0.497 e. The standard InChI is InChI=1S/C23H23N3O/c1-27-21-14-8-9-18(15-21)16-24-23-25-22(19-10-4-2-5-11-19)17-26(23)20-12-6-3-7-13-20/h2-15,22H,16-17H2,1H3,(H,24,25)/t22-/m1/s1. The van der Waals surface area contributed by atoms with Crippen LogP contribution in [0, 0.1) is 0 Å². The van der Waals surface area contributed by atoms with Crippen LogP contribution in [0.3, 0.4) is 0 Å². The van der Waals surface area contributed by atoms with Crippen LogP contribution in [0.2, 0.25) is 0 Å². The van der Waals surface area contributed by atoms with Crippen molar-refractivity contribution in [1.29, 1.82) is 0 Å². The Morgan fingerprint density at radius 3 is 2.44 bits per heavy atom. The molecule has 4 nitrogen and oxygen atoms in total. The van der Waals surface area contributed by atoms with Crippen molar-refractivity contribution in [2.75, 3.05) is 18.6 Å². The van der Waals surface area contributed by atoms with Crippen LogP contribution in [0.4, 0.5) is 5.69 Å². The number of rotatable bonds is 5. The minimum absolute atomic E-state index is 0.124. The Labute approximate surface area is 160 Å². The molecule has 1 aliphatic rings. The Hall–Kier alpha value is -3.27. The smallest absolute Gasteiger partial charge is 0.199 e. The number of hydrogen-bond donors (Lipinski definition) is 1. The van der Waals surface area contributed by atoms with Gasteiger partial charge in [-0.2, -0.15) is 0 Å². The van der Waals surface area contributed by atoms with Gasteiger partial charge >= 0.3 is 0 Å². The highest BCUT2D eigenvalue weighted by Crippen LogP contribution is 2.28. The van der Waals surface area contributed by atoms with Gasteiger partial charge < -0.3 is 15.0 Å². The third kappa shape index (κ3) is 3.95. The molecule has 1 heterocycles. The molecule has 0 amide bonds. The Bertz CT molecular complexity index is 909. The van der Waals surface area contributed by atoms with Crippen LogP contribution in [-0.4, -0.2) is 19.6 Å². The second kappa shape index (κ2) is 7.96. The number of nitrogens with zero attached hydrogens (tertiary/aromatic N) is 2. The molecule has 4 heteroatoms. The lowest BCUT2D eigenvalue weighted by atomic mass is 10.1. The predicted molar refractivity (Wildman–Crippen MR) is 110 cm³/mol. The summed E-state index contributed by atoms with van der Waals surface area (Å²) >= 11 is 0. The van der Waals surface area contributed by atoms with Crippen LogP contribution >= 0.6 is 0 Å². The zero-order valence-electron chi connectivity index (χ0n) is 15.4. The summed E-state index contributed by atoms with van der Waals surface area (Å²) < 4.78 is 5.32. The van der Waals surface area contributed by atoms with Gasteiger partial charge in [-0.1, -0.05) is 60.7 Å². The zero-order valence-corrected chi connectivity index (χ0v) is 15.4. The van der Waals surface area contributed by atoms with E-state index in [9.17, 15) is 0 Å². The molecule has 1 N–H and O–H groups in total. The van der Waals surface area contributed by atoms with Gasteiger partial charge in [-0.25, -0.2) is 4.99 Å². The van der Waals surface area contributed by atoms with Gasteiger partial charge in [-0.3, -0.25) is 0 Å². The van der Waals surface area contributed by atoms with Crippen LogP contribution in [0.15, 0.2) is 89.9 Å². The van der Waals surface area contributed by atoms with Gasteiger partial charge in [0.15, 0.2) is 5.96 Å². The molecule has 0 saturated heterocycles. The van der Waals surface area contributed by atoms with Crippen molar-refractivity contribution in [2.45, 2.75) is 12.6 Å². The summed E-state index contributed by atoms with van der Waals surface area (Å²) in [5.74, 6) is 1.77. The molecule has 0 bridgehead atoms. The zero-order chi connectivity index (χ0) is 18.5. The van der Waals surface area contributed by atoms with Gasteiger partial charge in [-0.15, -0.1) is 0 Å². The number of anilines is 1. The lowest BCUT2D eigenvalue weighted by Crippen LogP contribution is -2.38. The minimum Gasteiger partial charge on any atom is -0.497 e. The predicted octanol–water partition coefficient (Wildman–Crippen LogP) is 4.40. The molecule has 0 spiro atoms. The van der Waals surface area contributed by atoms with Gasteiger partial charge in [0.05, 0.1) is 19.7 Å². The van der Waals surface area contributed by atoms with Crippen molar-refractivity contribution in [3.63, 3.8) is 0 Å². The first kappa shape index (κ1) is 17.2. The average molecular weight is 357 g/mol. The molecule has 1 atom stereocenters. The van der Waals surface area contributed by atoms with E-state index in [1.165, 1.54) is 5.56 Å². The molecule has 0 unspecified atom stereocenters. The van der Waals surface area contributed by atoms with Gasteiger partial charge in [0, 0.05) is 12.2 Å². The van der Waals surface area contributed by atoms with Crippen LogP contribution in [0.5, 0.6) is 5.75 Å². The van der Waals surface area contributed by atoms with E-state index in [2.05, 4.69) is 64.8 Å². The van der Waals surface area contributed by atoms with E-state index in [0.29, 0.717) is 6.54 Å². The molecule has 136 valence electrons. The first-order valence-corrected chi connectivity index (χ1v) is 9.15. The monoisotopic (exact) mass is 357 g/mol. The number of benzene rings is 3. The fourth-order valence-corrected chi connectivity index (χ4v) is 3.31. The first-order valence-electron chi connectivity index (χ1n) is 9.15. The summed E-state index contributed by atoms with van der Waals surface area (Å²) in [5, 5.41) is 3.52. The Morgan fingerprint density at radius 1 is 0.963 bits per heavy atom. The van der Waals surface area contributed by atoms with Crippen molar-refractivity contribution in [2.24, 2.45) is 4.99 Å². The Kier molecular flexibility index (Phi) is 5.06. The molecule has 3 aromatic rings. The van der Waals surface area contributed by atoms with Gasteiger partial charge in [0.2, 0.25) is 0 Å². The van der Waals surface area contributed by atoms with Crippen molar-refractivity contribution in [3.8, 4) is 5.75 Å². The summed E-state index contributed by atoms with van der Waals surface area (Å²) in [7, 11) is 1.69. The minimum atomic E-state index is 0.124. The molecule has 0 saturated carbocycles. The number of hydrogen-bond acceptors (Lipinski definition) is 4. The molecule has 0 fully saturated rings. The average Bonchev–Trinajstić information content (AvgIpc) is 3.18. The molecule has 0 radical (unpaired) electrons. The van der Waals surface area contributed by atoms with Gasteiger partial charge in [0.1, 0.15) is 5.75 Å². The van der Waals surface area contributed by atoms with Gasteiger partial charge in [-0.05, 0) is 35.4 Å². The number of aliphatic imine (C=N–C) groups is 1. The van der Waals surface area contributed by atoms with E-state index >= 15 is 0 Å². The van der Waals surface area contributed by atoms with Crippen molar-refractivity contribution < 1.29 is 4.74 Å². The maximum atomic E-state index is 5.32. The molecular weight excluding hydrogens is 334 g/mol. The molecule has 1 aliphatic heterocycles. The van der Waals surface area contributed by atoms with Crippen LogP contribution in [-0.2, 0) is 6.54 Å². The number of methoxy groups -OCH3 is 1. The van der Waals surface area contributed by atoms with E-state index in [1.54, 1.807) is 7.11 Å². The topological polar surface area (TPSA) is 36.9 Å². The van der Waals surface area contributed by atoms with E-state index in [0.717, 1.165) is 29.5 Å². The summed E-state index contributed by atoms with van der Waals surface area (Å²) in [6.45, 7) is 1.52. The molecule has 3 aromatic carbocycles. The second-order valence-electron chi connectivity index (χ2n) is 6.53. The number of para-hydroxylation sites is 1. The fourth-order valence-electron chi connectivity index (χ4n) is 3.31. The third-order valence-corrected chi connectivity index (χ3v) is 4.73. The van der Waals surface area contributed by atoms with Crippen LogP contribution in [0.25, 0.3) is 0 Å². The summed E-state index contributed by atoms with van der Waals surface area (Å²) in [6.07, 6.45) is 0. The first-order chi connectivity index (χ1) is 13.3. The highest BCUT2D eigenvalue weighted by atomic mass is 16.5. The van der Waals surface area contributed by atoms with Crippen LogP contribution < -0.4 is 15.0 Å². The summed E-state index contributed by atoms with van der Waals surface area (Å²) in [4.78, 5) is 7.22. The number of ether oxygens (including phenoxy) is 1. The molecule has 0 aliphatic carbocycles. The maximum Gasteiger partial charge on any atom is 0.199 e. The maximum absolute atomic E-state index is 5.32. The molecule has 0 aromatic heterocycles. The molecular formula is C23H23N3O. The van der Waals surface area contributed by atoms with E-state index in [4.69, 9.17) is 9.73 Å². The van der Waals surface area contributed by atoms with Crippen molar-refractivity contribution in [3.05, 3.63) is 96.1 Å². The third-order valence-electron chi connectivity index (χ3n) is 4.73. The van der Waals surface area contributed by atoms with Gasteiger partial charge in [0.25, 0.3) is 0 Å². The van der Waals surface area contributed by atoms with Crippen molar-refractivity contribution >= 4 is 11.6 Å². The Morgan fingerprint density at radius 2 is 1.70 bits per heavy atom.